The van der Waals surface area contributed by atoms with Gasteiger partial charge in [0.2, 0.25) is 0 Å². The molecule has 0 aliphatic rings. The molecule has 0 bridgehead atoms. The van der Waals surface area contributed by atoms with Crippen molar-refractivity contribution in [2.75, 3.05) is 34.2 Å². The molecule has 5 nitrogen and oxygen atoms in total. The van der Waals surface area contributed by atoms with Gasteiger partial charge in [-0.2, -0.15) is 0 Å². The molecule has 0 amide bonds. The molecule has 0 fully saturated rings. The van der Waals surface area contributed by atoms with E-state index in [1.165, 1.54) is 10.4 Å². The Morgan fingerprint density at radius 3 is 2.46 bits per heavy atom. The molecule has 1 heterocycles. The second kappa shape index (κ2) is 9.90. The van der Waals surface area contributed by atoms with Gasteiger partial charge in [-0.3, -0.25) is 4.99 Å². The number of guanidine groups is 1. The number of aromatic nitrogens is 1. The summed E-state index contributed by atoms with van der Waals surface area (Å²) in [6.45, 7) is 5.73. The van der Waals surface area contributed by atoms with Crippen molar-refractivity contribution in [2.24, 2.45) is 4.99 Å². The summed E-state index contributed by atoms with van der Waals surface area (Å²) in [6, 6.07) is 8.22. The quantitative estimate of drug-likeness (QED) is 0.559. The van der Waals surface area contributed by atoms with Crippen LogP contribution in [0.2, 0.25) is 5.02 Å². The molecule has 0 spiro atoms. The number of halogens is 1. The number of hydrogen-bond acceptors (Lipinski definition) is 4. The van der Waals surface area contributed by atoms with Crippen LogP contribution < -0.4 is 10.6 Å². The number of aryl methyl sites for hydroxylation is 2. The van der Waals surface area contributed by atoms with Crippen molar-refractivity contribution in [3.8, 4) is 0 Å². The lowest BCUT2D eigenvalue weighted by Crippen LogP contribution is -2.42. The van der Waals surface area contributed by atoms with Crippen molar-refractivity contribution < 1.29 is 0 Å². The zero-order valence-electron chi connectivity index (χ0n) is 16.1. The third-order valence-electron chi connectivity index (χ3n) is 4.27. The van der Waals surface area contributed by atoms with Crippen molar-refractivity contribution >= 4 is 28.9 Å². The molecule has 1 unspecified atom stereocenters. The van der Waals surface area contributed by atoms with Crippen molar-refractivity contribution in [1.82, 2.24) is 20.5 Å². The van der Waals surface area contributed by atoms with E-state index < -0.39 is 0 Å². The lowest BCUT2D eigenvalue weighted by Gasteiger charge is -2.26. The molecule has 0 aliphatic carbocycles. The van der Waals surface area contributed by atoms with Gasteiger partial charge in [-0.05, 0) is 45.6 Å². The summed E-state index contributed by atoms with van der Waals surface area (Å²) in [5.41, 5.74) is 2.35. The predicted molar refractivity (Wildman–Crippen MR) is 113 cm³/mol. The van der Waals surface area contributed by atoms with Crippen LogP contribution in [0, 0.1) is 13.8 Å². The first kappa shape index (κ1) is 20.7. The van der Waals surface area contributed by atoms with Gasteiger partial charge in [0, 0.05) is 36.5 Å². The van der Waals surface area contributed by atoms with Crippen molar-refractivity contribution in [3.05, 3.63) is 50.4 Å². The van der Waals surface area contributed by atoms with Crippen LogP contribution in [0.4, 0.5) is 0 Å². The van der Waals surface area contributed by atoms with Crippen LogP contribution in [0.3, 0.4) is 0 Å². The highest BCUT2D eigenvalue weighted by atomic mass is 35.5. The molecule has 26 heavy (non-hydrogen) atoms. The molecule has 2 rings (SSSR count). The summed E-state index contributed by atoms with van der Waals surface area (Å²) in [4.78, 5) is 12.4. The Labute approximate surface area is 165 Å². The van der Waals surface area contributed by atoms with Crippen LogP contribution in [0.15, 0.2) is 29.3 Å². The number of nitrogens with one attached hydrogen (secondary N) is 2. The summed E-state index contributed by atoms with van der Waals surface area (Å²) < 4.78 is 0. The van der Waals surface area contributed by atoms with Gasteiger partial charge in [-0.25, -0.2) is 4.98 Å². The predicted octanol–water partition coefficient (Wildman–Crippen LogP) is 3.42. The average Bonchev–Trinajstić information content (AvgIpc) is 2.92. The van der Waals surface area contributed by atoms with Gasteiger partial charge >= 0.3 is 0 Å². The Morgan fingerprint density at radius 1 is 1.23 bits per heavy atom. The molecular formula is C19H28ClN5S. The first-order valence-corrected chi connectivity index (χ1v) is 9.89. The minimum atomic E-state index is 0.232. The summed E-state index contributed by atoms with van der Waals surface area (Å²) in [5, 5.41) is 8.70. The van der Waals surface area contributed by atoms with Gasteiger partial charge < -0.3 is 15.5 Å². The molecule has 2 aromatic rings. The fraction of sp³-hybridized carbons (Fsp3) is 0.474. The van der Waals surface area contributed by atoms with Gasteiger partial charge in [-0.1, -0.05) is 23.7 Å². The Morgan fingerprint density at radius 2 is 1.92 bits per heavy atom. The van der Waals surface area contributed by atoms with Gasteiger partial charge in [0.15, 0.2) is 5.96 Å². The number of rotatable bonds is 7. The number of hydrogen-bond donors (Lipinski definition) is 2. The van der Waals surface area contributed by atoms with Gasteiger partial charge in [0.25, 0.3) is 0 Å². The van der Waals surface area contributed by atoms with E-state index in [0.717, 1.165) is 41.2 Å². The molecule has 2 N–H and O–H groups in total. The van der Waals surface area contributed by atoms with E-state index in [2.05, 4.69) is 65.6 Å². The molecule has 0 saturated heterocycles. The van der Waals surface area contributed by atoms with E-state index in [9.17, 15) is 0 Å². The summed E-state index contributed by atoms with van der Waals surface area (Å²) in [7, 11) is 5.94. The molecule has 1 aromatic heterocycles. The van der Waals surface area contributed by atoms with Crippen molar-refractivity contribution in [3.63, 3.8) is 0 Å². The smallest absolute Gasteiger partial charge is 0.191 e. The highest BCUT2D eigenvalue weighted by Crippen LogP contribution is 2.20. The summed E-state index contributed by atoms with van der Waals surface area (Å²) >= 11 is 7.77. The molecule has 0 aliphatic heterocycles. The van der Waals surface area contributed by atoms with E-state index in [-0.39, 0.29) is 6.04 Å². The van der Waals surface area contributed by atoms with Crippen LogP contribution in [0.1, 0.15) is 27.2 Å². The van der Waals surface area contributed by atoms with E-state index in [1.807, 2.05) is 12.1 Å². The standard InChI is InChI=1S/C19H28ClN5S/c1-13-14(2)26-18(24-13)10-11-22-19(21-3)23-12-17(25(4)5)15-6-8-16(20)9-7-15/h6-9,17H,10-12H2,1-5H3,(H2,21,22,23). The summed E-state index contributed by atoms with van der Waals surface area (Å²) in [6.07, 6.45) is 0.897. The maximum absolute atomic E-state index is 6.00. The molecule has 0 radical (unpaired) electrons. The minimum Gasteiger partial charge on any atom is -0.356 e. The van der Waals surface area contributed by atoms with Crippen LogP contribution in [-0.4, -0.2) is 50.1 Å². The van der Waals surface area contributed by atoms with E-state index in [0.29, 0.717) is 0 Å². The molecule has 7 heteroatoms. The fourth-order valence-electron chi connectivity index (χ4n) is 2.63. The van der Waals surface area contributed by atoms with Gasteiger partial charge in [0.1, 0.15) is 0 Å². The van der Waals surface area contributed by atoms with E-state index >= 15 is 0 Å². The summed E-state index contributed by atoms with van der Waals surface area (Å²) in [5.74, 6) is 0.802. The SMILES string of the molecule is CN=C(NCCc1nc(C)c(C)s1)NCC(c1ccc(Cl)cc1)N(C)C. The van der Waals surface area contributed by atoms with E-state index in [1.54, 1.807) is 18.4 Å². The van der Waals surface area contributed by atoms with Crippen LogP contribution in [0.5, 0.6) is 0 Å². The molecule has 142 valence electrons. The Kier molecular flexibility index (Phi) is 7.87. The lowest BCUT2D eigenvalue weighted by molar-refractivity contribution is 0.298. The monoisotopic (exact) mass is 393 g/mol. The number of aliphatic imine (C=N–C) groups is 1. The third kappa shape index (κ3) is 5.97. The Bertz CT molecular complexity index is 705. The number of thiazole rings is 1. The zero-order valence-corrected chi connectivity index (χ0v) is 17.7. The van der Waals surface area contributed by atoms with Crippen molar-refractivity contribution in [1.29, 1.82) is 0 Å². The third-order valence-corrected chi connectivity index (χ3v) is 5.65. The molecule has 1 aromatic carbocycles. The van der Waals surface area contributed by atoms with Crippen LogP contribution >= 0.6 is 22.9 Å². The first-order chi connectivity index (χ1) is 12.4. The molecular weight excluding hydrogens is 366 g/mol. The number of likely N-dealkylation sites (N-methyl/N-ethyl adjacent to an activating group) is 1. The first-order valence-electron chi connectivity index (χ1n) is 8.70. The highest BCUT2D eigenvalue weighted by Gasteiger charge is 2.14. The minimum absolute atomic E-state index is 0.232. The molecule has 1 atom stereocenters. The maximum atomic E-state index is 6.00. The second-order valence-corrected chi connectivity index (χ2v) is 8.13. The Hall–Kier alpha value is -1.63. The maximum Gasteiger partial charge on any atom is 0.191 e. The number of benzene rings is 1. The fourth-order valence-corrected chi connectivity index (χ4v) is 3.69. The second-order valence-electron chi connectivity index (χ2n) is 6.41. The largest absolute Gasteiger partial charge is 0.356 e. The zero-order chi connectivity index (χ0) is 19.1. The van der Waals surface area contributed by atoms with Crippen molar-refractivity contribution in [2.45, 2.75) is 26.3 Å². The highest BCUT2D eigenvalue weighted by molar-refractivity contribution is 7.11. The normalized spacial score (nSPS) is 13.1. The van der Waals surface area contributed by atoms with Gasteiger partial charge in [0.05, 0.1) is 16.7 Å². The van der Waals surface area contributed by atoms with Crippen LogP contribution in [-0.2, 0) is 6.42 Å². The Balaban J connectivity index is 1.86. The number of nitrogens with zero attached hydrogens (tertiary/aromatic N) is 3. The van der Waals surface area contributed by atoms with E-state index in [4.69, 9.17) is 11.6 Å². The lowest BCUT2D eigenvalue weighted by atomic mass is 10.1. The van der Waals surface area contributed by atoms with Gasteiger partial charge in [-0.15, -0.1) is 11.3 Å². The van der Waals surface area contributed by atoms with Crippen LogP contribution in [0.25, 0.3) is 0 Å². The molecule has 0 saturated carbocycles. The average molecular weight is 394 g/mol. The topological polar surface area (TPSA) is 52.6 Å².